The number of nitrogens with zero attached hydrogens (tertiary/aromatic N) is 1. The zero-order valence-corrected chi connectivity index (χ0v) is 21.8. The summed E-state index contributed by atoms with van der Waals surface area (Å²) in [6.45, 7) is 3.95. The predicted octanol–water partition coefficient (Wildman–Crippen LogP) is 5.74. The molecule has 0 aliphatic carbocycles. The average Bonchev–Trinajstić information content (AvgIpc) is 3.55. The molecule has 0 unspecified atom stereocenters. The minimum atomic E-state index is -0.797. The van der Waals surface area contributed by atoms with Crippen molar-refractivity contribution >= 4 is 45.7 Å². The molecule has 2 N–H and O–H groups in total. The highest BCUT2D eigenvalue weighted by molar-refractivity contribution is 7.09. The number of halogens is 1. The van der Waals surface area contributed by atoms with Crippen molar-refractivity contribution in [3.8, 4) is 0 Å². The molecule has 0 bridgehead atoms. The van der Waals surface area contributed by atoms with Crippen LogP contribution < -0.4 is 5.32 Å². The Balaban J connectivity index is 1.64. The Morgan fingerprint density at radius 1 is 1.11 bits per heavy atom. The fourth-order valence-corrected chi connectivity index (χ4v) is 5.01. The topological polar surface area (TPSA) is 74.4 Å². The quantitative estimate of drug-likeness (QED) is 0.233. The van der Waals surface area contributed by atoms with Gasteiger partial charge in [0.1, 0.15) is 6.04 Å². The first-order valence-corrected chi connectivity index (χ1v) is 13.3. The number of fused-ring (bicyclic) bond motifs is 1. The number of rotatable bonds is 12. The van der Waals surface area contributed by atoms with Gasteiger partial charge in [-0.2, -0.15) is 0 Å². The first kappa shape index (κ1) is 25.9. The number of carbonyl (C=O) groups is 2. The summed E-state index contributed by atoms with van der Waals surface area (Å²) in [7, 11) is 0. The number of hydrogen-bond acceptors (Lipinski definition) is 4. The van der Waals surface area contributed by atoms with Crippen LogP contribution in [0.15, 0.2) is 72.2 Å². The molecule has 4 rings (SSSR count). The SMILES string of the molecule is CCOCCCNC(=O)[C@H](c1ccc(Cl)cc1)N(Cc1cccs1)C(=O)Cc1c[nH]c2ccccc12. The first-order valence-electron chi connectivity index (χ1n) is 12.0. The Labute approximate surface area is 220 Å². The van der Waals surface area contributed by atoms with Gasteiger partial charge in [0.15, 0.2) is 0 Å². The Morgan fingerprint density at radius 2 is 1.92 bits per heavy atom. The van der Waals surface area contributed by atoms with E-state index in [0.29, 0.717) is 43.3 Å². The minimum Gasteiger partial charge on any atom is -0.382 e. The van der Waals surface area contributed by atoms with Crippen LogP contribution in [0.4, 0.5) is 0 Å². The van der Waals surface area contributed by atoms with Crippen LogP contribution in [0, 0.1) is 0 Å². The van der Waals surface area contributed by atoms with E-state index in [4.69, 9.17) is 16.3 Å². The molecular formula is C28H30ClN3O3S. The molecule has 0 radical (unpaired) electrons. The van der Waals surface area contributed by atoms with Gasteiger partial charge in [-0.3, -0.25) is 9.59 Å². The number of thiophene rings is 1. The number of aromatic amines is 1. The van der Waals surface area contributed by atoms with E-state index in [0.717, 1.165) is 21.3 Å². The maximum atomic E-state index is 13.9. The minimum absolute atomic E-state index is 0.127. The smallest absolute Gasteiger partial charge is 0.247 e. The van der Waals surface area contributed by atoms with Gasteiger partial charge in [0.05, 0.1) is 13.0 Å². The number of ether oxygens (including phenoxy) is 1. The fraction of sp³-hybridized carbons (Fsp3) is 0.286. The van der Waals surface area contributed by atoms with Crippen LogP contribution in [0.1, 0.15) is 35.4 Å². The molecule has 0 saturated heterocycles. The van der Waals surface area contributed by atoms with Crippen LogP contribution in [-0.4, -0.2) is 41.5 Å². The average molecular weight is 524 g/mol. The van der Waals surface area contributed by atoms with E-state index in [9.17, 15) is 9.59 Å². The van der Waals surface area contributed by atoms with Gasteiger partial charge < -0.3 is 19.9 Å². The molecule has 0 spiro atoms. The number of nitrogens with one attached hydrogen (secondary N) is 2. The van der Waals surface area contributed by atoms with Gasteiger partial charge in [0.25, 0.3) is 0 Å². The van der Waals surface area contributed by atoms with Gasteiger partial charge in [0, 0.05) is 46.8 Å². The van der Waals surface area contributed by atoms with Crippen molar-refractivity contribution < 1.29 is 14.3 Å². The van der Waals surface area contributed by atoms with Crippen molar-refractivity contribution in [1.29, 1.82) is 0 Å². The van der Waals surface area contributed by atoms with E-state index < -0.39 is 6.04 Å². The molecule has 0 fully saturated rings. The summed E-state index contributed by atoms with van der Waals surface area (Å²) < 4.78 is 5.39. The fourth-order valence-electron chi connectivity index (χ4n) is 4.18. The Kier molecular flexibility index (Phi) is 9.17. The summed E-state index contributed by atoms with van der Waals surface area (Å²) in [5.74, 6) is -0.352. The Morgan fingerprint density at radius 3 is 2.67 bits per heavy atom. The van der Waals surface area contributed by atoms with Crippen molar-refractivity contribution in [2.75, 3.05) is 19.8 Å². The van der Waals surface area contributed by atoms with E-state index >= 15 is 0 Å². The molecular weight excluding hydrogens is 494 g/mol. The highest BCUT2D eigenvalue weighted by atomic mass is 35.5. The van der Waals surface area contributed by atoms with E-state index in [2.05, 4.69) is 10.3 Å². The largest absolute Gasteiger partial charge is 0.382 e. The Hall–Kier alpha value is -3.13. The maximum Gasteiger partial charge on any atom is 0.247 e. The zero-order valence-electron chi connectivity index (χ0n) is 20.2. The molecule has 2 heterocycles. The summed E-state index contributed by atoms with van der Waals surface area (Å²) in [5.41, 5.74) is 2.59. The summed E-state index contributed by atoms with van der Waals surface area (Å²) in [6.07, 6.45) is 2.75. The Bertz CT molecular complexity index is 1270. The summed E-state index contributed by atoms with van der Waals surface area (Å²) >= 11 is 7.70. The standard InChI is InChI=1S/C28H30ClN3O3S/c1-2-35-15-6-14-30-28(34)27(20-10-12-22(29)13-11-20)32(19-23-7-5-16-36-23)26(33)17-21-18-31-25-9-4-3-8-24(21)25/h3-5,7-13,16,18,27,31H,2,6,14-15,17,19H2,1H3,(H,30,34)/t27-/m0/s1. The monoisotopic (exact) mass is 523 g/mol. The lowest BCUT2D eigenvalue weighted by atomic mass is 10.0. The van der Waals surface area contributed by atoms with Crippen molar-refractivity contribution in [2.24, 2.45) is 0 Å². The molecule has 4 aromatic rings. The number of amides is 2. The lowest BCUT2D eigenvalue weighted by molar-refractivity contribution is -0.141. The van der Waals surface area contributed by atoms with Gasteiger partial charge in [0.2, 0.25) is 11.8 Å². The summed E-state index contributed by atoms with van der Waals surface area (Å²) in [4.78, 5) is 33.4. The van der Waals surface area contributed by atoms with E-state index in [1.807, 2.05) is 67.0 Å². The lowest BCUT2D eigenvalue weighted by Crippen LogP contribution is -2.44. The number of benzene rings is 2. The number of carbonyl (C=O) groups excluding carboxylic acids is 2. The molecule has 188 valence electrons. The number of aromatic nitrogens is 1. The highest BCUT2D eigenvalue weighted by Crippen LogP contribution is 2.28. The molecule has 0 aliphatic heterocycles. The van der Waals surface area contributed by atoms with Crippen LogP contribution in [0.3, 0.4) is 0 Å². The van der Waals surface area contributed by atoms with Gasteiger partial charge >= 0.3 is 0 Å². The van der Waals surface area contributed by atoms with Gasteiger partial charge in [-0.1, -0.05) is 48.0 Å². The summed E-state index contributed by atoms with van der Waals surface area (Å²) in [6, 6.07) is 18.2. The molecule has 0 aliphatic rings. The van der Waals surface area contributed by atoms with Crippen molar-refractivity contribution in [3.05, 3.63) is 93.3 Å². The third-order valence-electron chi connectivity index (χ3n) is 5.96. The van der Waals surface area contributed by atoms with Crippen molar-refractivity contribution in [3.63, 3.8) is 0 Å². The molecule has 0 saturated carbocycles. The molecule has 6 nitrogen and oxygen atoms in total. The zero-order chi connectivity index (χ0) is 25.3. The molecule has 8 heteroatoms. The van der Waals surface area contributed by atoms with Crippen LogP contribution in [0.2, 0.25) is 5.02 Å². The highest BCUT2D eigenvalue weighted by Gasteiger charge is 2.32. The molecule has 2 amide bonds. The number of H-pyrrole nitrogens is 1. The second-order valence-electron chi connectivity index (χ2n) is 8.43. The van der Waals surface area contributed by atoms with Gasteiger partial charge in [-0.05, 0) is 54.1 Å². The van der Waals surface area contributed by atoms with Gasteiger partial charge in [-0.15, -0.1) is 11.3 Å². The molecule has 36 heavy (non-hydrogen) atoms. The number of para-hydroxylation sites is 1. The van der Waals surface area contributed by atoms with E-state index in [-0.39, 0.29) is 18.2 Å². The lowest BCUT2D eigenvalue weighted by Gasteiger charge is -2.31. The molecule has 2 aromatic heterocycles. The second-order valence-corrected chi connectivity index (χ2v) is 9.90. The summed E-state index contributed by atoms with van der Waals surface area (Å²) in [5, 5.41) is 6.56. The van der Waals surface area contributed by atoms with E-state index in [1.54, 1.807) is 28.4 Å². The number of hydrogen-bond donors (Lipinski definition) is 2. The van der Waals surface area contributed by atoms with Crippen molar-refractivity contribution in [1.82, 2.24) is 15.2 Å². The van der Waals surface area contributed by atoms with E-state index in [1.165, 1.54) is 0 Å². The van der Waals surface area contributed by atoms with Crippen molar-refractivity contribution in [2.45, 2.75) is 32.4 Å². The van der Waals surface area contributed by atoms with Crippen LogP contribution in [0.25, 0.3) is 10.9 Å². The third kappa shape index (κ3) is 6.55. The van der Waals surface area contributed by atoms with Crippen LogP contribution in [-0.2, 0) is 27.3 Å². The normalized spacial score (nSPS) is 11.9. The third-order valence-corrected chi connectivity index (χ3v) is 7.07. The molecule has 2 aromatic carbocycles. The predicted molar refractivity (Wildman–Crippen MR) is 145 cm³/mol. The van der Waals surface area contributed by atoms with Gasteiger partial charge in [-0.25, -0.2) is 0 Å². The first-order chi connectivity index (χ1) is 17.6. The second kappa shape index (κ2) is 12.7. The van der Waals surface area contributed by atoms with Crippen LogP contribution >= 0.6 is 22.9 Å². The van der Waals surface area contributed by atoms with Crippen LogP contribution in [0.5, 0.6) is 0 Å². The maximum absolute atomic E-state index is 13.9. The molecule has 1 atom stereocenters.